The molecule has 1 aromatic heterocycles. The van der Waals surface area contributed by atoms with Gasteiger partial charge in [-0.1, -0.05) is 0 Å². The smallest absolute Gasteiger partial charge is 0.207 e. The van der Waals surface area contributed by atoms with Crippen molar-refractivity contribution < 1.29 is 4.42 Å². The standard InChI is InChI=1S/C7H5BrN2O/c8-6-5(3-9)10-7(11-6)4-1-2-4/h4H,1-2H2. The number of hydrogen-bond donors (Lipinski definition) is 0. The molecule has 0 aromatic carbocycles. The maximum absolute atomic E-state index is 8.53. The Hall–Kier alpha value is -0.820. The van der Waals surface area contributed by atoms with Gasteiger partial charge in [0.2, 0.25) is 4.67 Å². The Kier molecular flexibility index (Phi) is 1.46. The van der Waals surface area contributed by atoms with E-state index < -0.39 is 0 Å². The molecule has 0 unspecified atom stereocenters. The summed E-state index contributed by atoms with van der Waals surface area (Å²) in [5.41, 5.74) is 0.354. The zero-order valence-corrected chi connectivity index (χ0v) is 7.26. The van der Waals surface area contributed by atoms with E-state index >= 15 is 0 Å². The lowest BCUT2D eigenvalue weighted by molar-refractivity contribution is 0.477. The molecule has 0 N–H and O–H groups in total. The van der Waals surface area contributed by atoms with Crippen LogP contribution in [0.4, 0.5) is 0 Å². The highest BCUT2D eigenvalue weighted by atomic mass is 79.9. The minimum Gasteiger partial charge on any atom is -0.432 e. The van der Waals surface area contributed by atoms with Crippen molar-refractivity contribution in [2.45, 2.75) is 18.8 Å². The SMILES string of the molecule is N#Cc1nc(C2CC2)oc1Br. The van der Waals surface area contributed by atoms with E-state index in [4.69, 9.17) is 9.68 Å². The molecule has 0 radical (unpaired) electrons. The normalized spacial score (nSPS) is 16.4. The minimum atomic E-state index is 0.354. The molecule has 0 spiro atoms. The number of oxazole rings is 1. The van der Waals surface area contributed by atoms with Crippen LogP contribution in [-0.4, -0.2) is 4.98 Å². The molecule has 1 aromatic rings. The molecule has 0 saturated heterocycles. The second kappa shape index (κ2) is 2.35. The first-order valence-corrected chi connectivity index (χ1v) is 4.17. The third-order valence-corrected chi connectivity index (χ3v) is 2.17. The summed E-state index contributed by atoms with van der Waals surface area (Å²) in [6.07, 6.45) is 2.27. The molecule has 1 aliphatic carbocycles. The van der Waals surface area contributed by atoms with E-state index in [2.05, 4.69) is 20.9 Å². The van der Waals surface area contributed by atoms with E-state index in [1.54, 1.807) is 0 Å². The van der Waals surface area contributed by atoms with E-state index in [9.17, 15) is 0 Å². The Morgan fingerprint density at radius 1 is 1.64 bits per heavy atom. The summed E-state index contributed by atoms with van der Waals surface area (Å²) in [5, 5.41) is 8.53. The lowest BCUT2D eigenvalue weighted by atomic mass is 10.4. The van der Waals surface area contributed by atoms with Gasteiger partial charge in [-0.2, -0.15) is 5.26 Å². The maximum atomic E-state index is 8.53. The van der Waals surface area contributed by atoms with Gasteiger partial charge in [-0.25, -0.2) is 4.98 Å². The predicted octanol–water partition coefficient (Wildman–Crippen LogP) is 2.19. The number of hydrogen-bond acceptors (Lipinski definition) is 3. The minimum absolute atomic E-state index is 0.354. The topological polar surface area (TPSA) is 49.8 Å². The lowest BCUT2D eigenvalue weighted by Gasteiger charge is -1.81. The predicted molar refractivity (Wildman–Crippen MR) is 40.9 cm³/mol. The Balaban J connectivity index is 2.38. The molecule has 0 amide bonds. The molecule has 1 fully saturated rings. The van der Waals surface area contributed by atoms with Crippen LogP contribution in [-0.2, 0) is 0 Å². The van der Waals surface area contributed by atoms with Crippen LogP contribution in [0.25, 0.3) is 0 Å². The van der Waals surface area contributed by atoms with Gasteiger partial charge >= 0.3 is 0 Å². The molecular weight excluding hydrogens is 208 g/mol. The van der Waals surface area contributed by atoms with Crippen LogP contribution in [0.15, 0.2) is 9.09 Å². The molecule has 3 nitrogen and oxygen atoms in total. The highest BCUT2D eigenvalue weighted by Gasteiger charge is 2.29. The first kappa shape index (κ1) is 6.86. The molecule has 56 valence electrons. The van der Waals surface area contributed by atoms with E-state index in [0.29, 0.717) is 22.2 Å². The molecular formula is C7H5BrN2O. The van der Waals surface area contributed by atoms with Gasteiger partial charge < -0.3 is 4.42 Å². The number of nitriles is 1. The molecule has 0 bridgehead atoms. The van der Waals surface area contributed by atoms with Gasteiger partial charge in [0.1, 0.15) is 6.07 Å². The van der Waals surface area contributed by atoms with Crippen molar-refractivity contribution in [2.75, 3.05) is 0 Å². The Labute approximate surface area is 72.2 Å². The van der Waals surface area contributed by atoms with Crippen molar-refractivity contribution in [3.8, 4) is 6.07 Å². The Bertz CT molecular complexity index is 322. The second-order valence-corrected chi connectivity index (χ2v) is 3.28. The zero-order valence-electron chi connectivity index (χ0n) is 5.67. The van der Waals surface area contributed by atoms with Crippen molar-refractivity contribution >= 4 is 15.9 Å². The molecule has 11 heavy (non-hydrogen) atoms. The summed E-state index contributed by atoms with van der Waals surface area (Å²) in [7, 11) is 0. The fourth-order valence-electron chi connectivity index (χ4n) is 0.891. The maximum Gasteiger partial charge on any atom is 0.207 e. The summed E-state index contributed by atoms with van der Waals surface area (Å²) in [6.45, 7) is 0. The molecule has 1 saturated carbocycles. The van der Waals surface area contributed by atoms with E-state index in [-0.39, 0.29) is 0 Å². The van der Waals surface area contributed by atoms with E-state index in [0.717, 1.165) is 12.8 Å². The van der Waals surface area contributed by atoms with Crippen LogP contribution in [0.2, 0.25) is 0 Å². The molecule has 2 rings (SSSR count). The zero-order chi connectivity index (χ0) is 7.84. The van der Waals surface area contributed by atoms with Crippen LogP contribution in [0, 0.1) is 11.3 Å². The highest BCUT2D eigenvalue weighted by molar-refractivity contribution is 9.10. The second-order valence-electron chi connectivity index (χ2n) is 2.56. The van der Waals surface area contributed by atoms with Gasteiger partial charge in [-0.15, -0.1) is 0 Å². The monoisotopic (exact) mass is 212 g/mol. The quantitative estimate of drug-likeness (QED) is 0.718. The van der Waals surface area contributed by atoms with Gasteiger partial charge in [0.25, 0.3) is 0 Å². The molecule has 1 heterocycles. The lowest BCUT2D eigenvalue weighted by Crippen LogP contribution is -1.78. The molecule has 0 atom stereocenters. The van der Waals surface area contributed by atoms with Crippen LogP contribution >= 0.6 is 15.9 Å². The van der Waals surface area contributed by atoms with E-state index in [1.165, 1.54) is 0 Å². The fraction of sp³-hybridized carbons (Fsp3) is 0.429. The summed E-state index contributed by atoms with van der Waals surface area (Å²) >= 11 is 3.12. The Morgan fingerprint density at radius 3 is 2.82 bits per heavy atom. The van der Waals surface area contributed by atoms with Crippen LogP contribution in [0.1, 0.15) is 30.3 Å². The fourth-order valence-corrected chi connectivity index (χ4v) is 1.23. The molecule has 4 heteroatoms. The van der Waals surface area contributed by atoms with Gasteiger partial charge in [0, 0.05) is 5.92 Å². The third-order valence-electron chi connectivity index (χ3n) is 1.63. The van der Waals surface area contributed by atoms with Gasteiger partial charge in [0.15, 0.2) is 11.6 Å². The number of halogens is 1. The van der Waals surface area contributed by atoms with Gasteiger partial charge in [-0.05, 0) is 28.8 Å². The Morgan fingerprint density at radius 2 is 2.36 bits per heavy atom. The van der Waals surface area contributed by atoms with Crippen LogP contribution in [0.5, 0.6) is 0 Å². The van der Waals surface area contributed by atoms with Gasteiger partial charge in [-0.3, -0.25) is 0 Å². The van der Waals surface area contributed by atoms with Crippen LogP contribution in [0.3, 0.4) is 0 Å². The largest absolute Gasteiger partial charge is 0.432 e. The summed E-state index contributed by atoms with van der Waals surface area (Å²) in [6, 6.07) is 1.95. The third kappa shape index (κ3) is 1.16. The number of aromatic nitrogens is 1. The van der Waals surface area contributed by atoms with Crippen LogP contribution < -0.4 is 0 Å². The molecule has 0 aliphatic heterocycles. The first-order valence-electron chi connectivity index (χ1n) is 3.37. The number of rotatable bonds is 1. The van der Waals surface area contributed by atoms with Crippen molar-refractivity contribution in [1.82, 2.24) is 4.98 Å². The molecule has 1 aliphatic rings. The average Bonchev–Trinajstić information content (AvgIpc) is 2.76. The van der Waals surface area contributed by atoms with Crippen molar-refractivity contribution in [2.24, 2.45) is 0 Å². The van der Waals surface area contributed by atoms with Crippen molar-refractivity contribution in [1.29, 1.82) is 5.26 Å². The summed E-state index contributed by atoms with van der Waals surface area (Å²) in [4.78, 5) is 4.02. The summed E-state index contributed by atoms with van der Waals surface area (Å²) in [5.74, 6) is 1.17. The average molecular weight is 213 g/mol. The van der Waals surface area contributed by atoms with Crippen molar-refractivity contribution in [3.05, 3.63) is 16.3 Å². The first-order chi connectivity index (χ1) is 5.31. The highest BCUT2D eigenvalue weighted by Crippen LogP contribution is 2.40. The van der Waals surface area contributed by atoms with Gasteiger partial charge in [0.05, 0.1) is 0 Å². The van der Waals surface area contributed by atoms with E-state index in [1.807, 2.05) is 6.07 Å². The number of nitrogens with zero attached hydrogens (tertiary/aromatic N) is 2. The van der Waals surface area contributed by atoms with Crippen molar-refractivity contribution in [3.63, 3.8) is 0 Å². The summed E-state index contributed by atoms with van der Waals surface area (Å²) < 4.78 is 5.67.